The number of imidazole rings is 1. The molecule has 13 heavy (non-hydrogen) atoms. The minimum Gasteiger partial charge on any atom is -0.387 e. The van der Waals surface area contributed by atoms with Gasteiger partial charge in [-0.25, -0.2) is 9.97 Å². The lowest BCUT2D eigenvalue weighted by Gasteiger charge is -2.06. The van der Waals surface area contributed by atoms with Crippen molar-refractivity contribution in [3.8, 4) is 0 Å². The van der Waals surface area contributed by atoms with E-state index in [2.05, 4.69) is 9.97 Å². The van der Waals surface area contributed by atoms with Crippen LogP contribution in [0.4, 0.5) is 0 Å². The zero-order valence-electron chi connectivity index (χ0n) is 6.96. The zero-order valence-corrected chi connectivity index (χ0v) is 6.96. The van der Waals surface area contributed by atoms with E-state index in [1.807, 2.05) is 0 Å². The van der Waals surface area contributed by atoms with Crippen LogP contribution in [0, 0.1) is 0 Å². The average Bonchev–Trinajstić information content (AvgIpc) is 2.63. The number of fused-ring (bicyclic) bond motifs is 1. The van der Waals surface area contributed by atoms with Crippen molar-refractivity contribution in [3.63, 3.8) is 0 Å². The maximum absolute atomic E-state index is 9.43. The average molecular weight is 178 g/mol. The minimum absolute atomic E-state index is 0.196. The molecule has 0 amide bonds. The van der Waals surface area contributed by atoms with E-state index in [0.717, 1.165) is 0 Å². The number of aliphatic hydroxyl groups excluding tert-OH is 1. The Bertz CT molecular complexity index is 411. The molecule has 1 atom stereocenters. The number of rotatable bonds is 2. The lowest BCUT2D eigenvalue weighted by Crippen LogP contribution is -2.12. The van der Waals surface area contributed by atoms with Crippen molar-refractivity contribution in [1.82, 2.24) is 14.4 Å². The summed E-state index contributed by atoms with van der Waals surface area (Å²) in [7, 11) is 0. The monoisotopic (exact) mass is 178 g/mol. The molecule has 0 aliphatic carbocycles. The number of hydrogen-bond donors (Lipinski definition) is 2. The van der Waals surface area contributed by atoms with Crippen LogP contribution in [0.2, 0.25) is 0 Å². The number of aliphatic hydroxyl groups is 1. The molecule has 0 spiro atoms. The van der Waals surface area contributed by atoms with Crippen molar-refractivity contribution in [2.75, 3.05) is 6.54 Å². The Morgan fingerprint density at radius 1 is 1.54 bits per heavy atom. The van der Waals surface area contributed by atoms with E-state index in [1.54, 1.807) is 29.2 Å². The molecule has 0 aliphatic heterocycles. The predicted molar refractivity (Wildman–Crippen MR) is 47.0 cm³/mol. The first kappa shape index (κ1) is 8.15. The highest BCUT2D eigenvalue weighted by Crippen LogP contribution is 2.09. The van der Waals surface area contributed by atoms with Crippen molar-refractivity contribution >= 4 is 5.78 Å². The summed E-state index contributed by atoms with van der Waals surface area (Å²) >= 11 is 0. The molecule has 0 bridgehead atoms. The molecule has 1 unspecified atom stereocenters. The van der Waals surface area contributed by atoms with Gasteiger partial charge in [-0.1, -0.05) is 0 Å². The molecule has 0 radical (unpaired) electrons. The Morgan fingerprint density at radius 3 is 3.15 bits per heavy atom. The zero-order chi connectivity index (χ0) is 9.26. The van der Waals surface area contributed by atoms with Crippen molar-refractivity contribution in [2.45, 2.75) is 6.10 Å². The van der Waals surface area contributed by atoms with E-state index >= 15 is 0 Å². The Balaban J connectivity index is 2.48. The van der Waals surface area contributed by atoms with Crippen LogP contribution >= 0.6 is 0 Å². The summed E-state index contributed by atoms with van der Waals surface area (Å²) in [5, 5.41) is 9.43. The van der Waals surface area contributed by atoms with Crippen molar-refractivity contribution in [1.29, 1.82) is 0 Å². The first-order valence-corrected chi connectivity index (χ1v) is 3.98. The van der Waals surface area contributed by atoms with E-state index in [0.29, 0.717) is 11.3 Å². The summed E-state index contributed by atoms with van der Waals surface area (Å²) in [5.41, 5.74) is 6.02. The van der Waals surface area contributed by atoms with Gasteiger partial charge in [0.2, 0.25) is 5.78 Å². The molecule has 2 aromatic rings. The molecular formula is C8H10N4O. The molecule has 0 aliphatic rings. The van der Waals surface area contributed by atoms with Crippen LogP contribution in [0.15, 0.2) is 24.8 Å². The molecule has 0 fully saturated rings. The molecule has 5 heteroatoms. The third kappa shape index (κ3) is 1.39. The molecule has 0 aromatic carbocycles. The van der Waals surface area contributed by atoms with Crippen LogP contribution in [0.5, 0.6) is 0 Å². The fourth-order valence-electron chi connectivity index (χ4n) is 1.14. The van der Waals surface area contributed by atoms with Gasteiger partial charge in [0, 0.05) is 36.9 Å². The van der Waals surface area contributed by atoms with Crippen LogP contribution in [0.3, 0.4) is 0 Å². The Morgan fingerprint density at radius 2 is 2.38 bits per heavy atom. The molecule has 0 saturated heterocycles. The molecule has 2 aromatic heterocycles. The molecule has 3 N–H and O–H groups in total. The highest BCUT2D eigenvalue weighted by atomic mass is 16.3. The lowest BCUT2D eigenvalue weighted by molar-refractivity contribution is 0.186. The summed E-state index contributed by atoms with van der Waals surface area (Å²) in [4.78, 5) is 8.03. The highest BCUT2D eigenvalue weighted by Gasteiger charge is 2.06. The second-order valence-electron chi connectivity index (χ2n) is 2.77. The fraction of sp³-hybridized carbons (Fsp3) is 0.250. The summed E-state index contributed by atoms with van der Waals surface area (Å²) in [5.74, 6) is 0.618. The second-order valence-corrected chi connectivity index (χ2v) is 2.77. The van der Waals surface area contributed by atoms with Gasteiger partial charge in [-0.05, 0) is 0 Å². The minimum atomic E-state index is -0.653. The third-order valence-electron chi connectivity index (χ3n) is 1.87. The van der Waals surface area contributed by atoms with Gasteiger partial charge < -0.3 is 10.8 Å². The quantitative estimate of drug-likeness (QED) is 0.663. The second kappa shape index (κ2) is 3.12. The first-order chi connectivity index (χ1) is 6.31. The Labute approximate surface area is 74.9 Å². The van der Waals surface area contributed by atoms with Gasteiger partial charge in [-0.3, -0.25) is 4.40 Å². The smallest absolute Gasteiger partial charge is 0.233 e. The van der Waals surface area contributed by atoms with Crippen LogP contribution in [0.25, 0.3) is 5.78 Å². The molecule has 5 nitrogen and oxygen atoms in total. The van der Waals surface area contributed by atoms with Crippen LogP contribution in [0.1, 0.15) is 11.7 Å². The van der Waals surface area contributed by atoms with Gasteiger partial charge in [-0.2, -0.15) is 0 Å². The normalized spacial score (nSPS) is 13.4. The van der Waals surface area contributed by atoms with E-state index in [1.165, 1.54) is 0 Å². The van der Waals surface area contributed by atoms with Crippen LogP contribution < -0.4 is 5.73 Å². The number of nitrogens with zero attached hydrogens (tertiary/aromatic N) is 3. The van der Waals surface area contributed by atoms with E-state index < -0.39 is 6.10 Å². The maximum Gasteiger partial charge on any atom is 0.233 e. The highest BCUT2D eigenvalue weighted by molar-refractivity contribution is 5.29. The molecule has 2 heterocycles. The van der Waals surface area contributed by atoms with Gasteiger partial charge in [0.05, 0.1) is 6.10 Å². The summed E-state index contributed by atoms with van der Waals surface area (Å²) in [6.45, 7) is 0.196. The van der Waals surface area contributed by atoms with E-state index in [4.69, 9.17) is 5.73 Å². The standard InChI is InChI=1S/C8H10N4O/c9-3-7(13)6-4-11-8-10-1-2-12(8)5-6/h1-2,4-5,7,13H,3,9H2. The lowest BCUT2D eigenvalue weighted by atomic mass is 10.2. The van der Waals surface area contributed by atoms with Gasteiger partial charge in [0.1, 0.15) is 0 Å². The molecular weight excluding hydrogens is 168 g/mol. The molecule has 68 valence electrons. The third-order valence-corrected chi connectivity index (χ3v) is 1.87. The summed E-state index contributed by atoms with van der Waals surface area (Å²) in [6, 6.07) is 0. The van der Waals surface area contributed by atoms with Crippen molar-refractivity contribution in [2.24, 2.45) is 5.73 Å². The van der Waals surface area contributed by atoms with Gasteiger partial charge in [0.15, 0.2) is 0 Å². The maximum atomic E-state index is 9.43. The van der Waals surface area contributed by atoms with Gasteiger partial charge >= 0.3 is 0 Å². The fourth-order valence-corrected chi connectivity index (χ4v) is 1.14. The van der Waals surface area contributed by atoms with Gasteiger partial charge in [0.25, 0.3) is 0 Å². The summed E-state index contributed by atoms with van der Waals surface area (Å²) < 4.78 is 1.74. The largest absolute Gasteiger partial charge is 0.387 e. The molecule has 0 saturated carbocycles. The van der Waals surface area contributed by atoms with Gasteiger partial charge in [-0.15, -0.1) is 0 Å². The van der Waals surface area contributed by atoms with E-state index in [-0.39, 0.29) is 6.54 Å². The number of hydrogen-bond acceptors (Lipinski definition) is 4. The summed E-state index contributed by atoms with van der Waals surface area (Å²) in [6.07, 6.45) is 6.13. The van der Waals surface area contributed by atoms with Crippen LogP contribution in [-0.4, -0.2) is 26.0 Å². The SMILES string of the molecule is NCC(O)c1cnc2nccn2c1. The first-order valence-electron chi connectivity index (χ1n) is 3.98. The van der Waals surface area contributed by atoms with Crippen LogP contribution in [-0.2, 0) is 0 Å². The number of aromatic nitrogens is 3. The topological polar surface area (TPSA) is 76.4 Å². The van der Waals surface area contributed by atoms with Crippen molar-refractivity contribution in [3.05, 3.63) is 30.4 Å². The Hall–Kier alpha value is -1.46. The predicted octanol–water partition coefficient (Wildman–Crippen LogP) is -0.279. The molecule has 2 rings (SSSR count). The Kier molecular flexibility index (Phi) is 1.96. The number of nitrogens with two attached hydrogens (primary N) is 1. The van der Waals surface area contributed by atoms with E-state index in [9.17, 15) is 5.11 Å². The van der Waals surface area contributed by atoms with Crippen molar-refractivity contribution < 1.29 is 5.11 Å².